The number of hydrogen-bond acceptors (Lipinski definition) is 4. The minimum absolute atomic E-state index is 0.0178. The molecule has 6 heteroatoms. The van der Waals surface area contributed by atoms with Gasteiger partial charge in [-0.1, -0.05) is 24.7 Å². The largest absolute Gasteiger partial charge is 0.332 e. The molecule has 1 aromatic rings. The summed E-state index contributed by atoms with van der Waals surface area (Å²) in [4.78, 5) is 12.4. The van der Waals surface area contributed by atoms with Gasteiger partial charge in [0, 0.05) is 5.54 Å². The van der Waals surface area contributed by atoms with Gasteiger partial charge in [-0.2, -0.15) is 0 Å². The molecule has 4 fully saturated rings. The Bertz CT molecular complexity index is 585. The van der Waals surface area contributed by atoms with Crippen LogP contribution in [0.1, 0.15) is 56.9 Å². The average molecular weight is 320 g/mol. The van der Waals surface area contributed by atoms with E-state index in [2.05, 4.69) is 27.8 Å². The van der Waals surface area contributed by atoms with Crippen LogP contribution in [0, 0.1) is 24.2 Å². The molecule has 2 atom stereocenters. The molecule has 4 bridgehead atoms. The summed E-state index contributed by atoms with van der Waals surface area (Å²) in [6.07, 6.45) is 8.86. The number of hydrogen-bond donors (Lipinski definition) is 2. The summed E-state index contributed by atoms with van der Waals surface area (Å²) < 4.78 is 0. The van der Waals surface area contributed by atoms with E-state index in [-0.39, 0.29) is 11.6 Å². The molecule has 1 heterocycles. The SMILES string of the molecule is CCC12CC3CC(C1)CC(NC(=O)Nc1nnc(C)s1)(C3)C2. The van der Waals surface area contributed by atoms with Crippen LogP contribution >= 0.6 is 11.3 Å². The Hall–Kier alpha value is -1.17. The van der Waals surface area contributed by atoms with Crippen LogP contribution in [0.5, 0.6) is 0 Å². The summed E-state index contributed by atoms with van der Waals surface area (Å²) in [5, 5.41) is 15.6. The van der Waals surface area contributed by atoms with E-state index in [0.717, 1.165) is 36.1 Å². The number of carbonyl (C=O) groups excluding carboxylic acids is 1. The van der Waals surface area contributed by atoms with Crippen molar-refractivity contribution in [1.82, 2.24) is 15.5 Å². The molecule has 5 rings (SSSR count). The van der Waals surface area contributed by atoms with Gasteiger partial charge < -0.3 is 5.32 Å². The molecule has 0 saturated heterocycles. The van der Waals surface area contributed by atoms with Crippen LogP contribution in [0.25, 0.3) is 0 Å². The zero-order chi connectivity index (χ0) is 15.4. The standard InChI is InChI=1S/C16H24N4OS/c1-3-15-5-11-4-12(6-15)8-16(7-11,9-15)18-13(21)17-14-20-19-10(2)22-14/h11-12H,3-9H2,1-2H3,(H2,17,18,20,21). The van der Waals surface area contributed by atoms with Crippen LogP contribution < -0.4 is 10.6 Å². The molecule has 2 unspecified atom stereocenters. The Kier molecular flexibility index (Phi) is 3.22. The summed E-state index contributed by atoms with van der Waals surface area (Å²) in [6.45, 7) is 4.22. The summed E-state index contributed by atoms with van der Waals surface area (Å²) in [7, 11) is 0. The highest BCUT2D eigenvalue weighted by Gasteiger charge is 2.57. The number of carbonyl (C=O) groups is 1. The molecular weight excluding hydrogens is 296 g/mol. The van der Waals surface area contributed by atoms with Crippen molar-refractivity contribution in [2.45, 2.75) is 64.3 Å². The Morgan fingerprint density at radius 2 is 2.00 bits per heavy atom. The summed E-state index contributed by atoms with van der Waals surface area (Å²) >= 11 is 1.42. The fourth-order valence-corrected chi connectivity index (χ4v) is 6.32. The first-order chi connectivity index (χ1) is 10.5. The second-order valence-corrected chi connectivity index (χ2v) is 8.98. The van der Waals surface area contributed by atoms with Gasteiger partial charge in [0.05, 0.1) is 0 Å². The van der Waals surface area contributed by atoms with Gasteiger partial charge in [0.1, 0.15) is 5.01 Å². The second kappa shape index (κ2) is 4.91. The smallest absolute Gasteiger partial charge is 0.321 e. The topological polar surface area (TPSA) is 66.9 Å². The normalized spacial score (nSPS) is 39.0. The van der Waals surface area contributed by atoms with Crippen LogP contribution in [0.15, 0.2) is 0 Å². The predicted molar refractivity (Wildman–Crippen MR) is 86.9 cm³/mol. The summed E-state index contributed by atoms with van der Waals surface area (Å²) in [6, 6.07) is -0.107. The van der Waals surface area contributed by atoms with Crippen molar-refractivity contribution in [3.63, 3.8) is 0 Å². The van der Waals surface area contributed by atoms with Crippen molar-refractivity contribution in [3.05, 3.63) is 5.01 Å². The lowest BCUT2D eigenvalue weighted by atomic mass is 9.46. The molecule has 120 valence electrons. The van der Waals surface area contributed by atoms with Gasteiger partial charge in [0.2, 0.25) is 5.13 Å². The minimum atomic E-state index is -0.107. The Labute approximate surface area is 135 Å². The Morgan fingerprint density at radius 3 is 2.59 bits per heavy atom. The number of anilines is 1. The first-order valence-corrected chi connectivity index (χ1v) is 9.21. The van der Waals surface area contributed by atoms with E-state index >= 15 is 0 Å². The van der Waals surface area contributed by atoms with Gasteiger partial charge in [0.25, 0.3) is 0 Å². The fourth-order valence-electron chi connectivity index (χ4n) is 5.73. The van der Waals surface area contributed by atoms with Crippen molar-refractivity contribution in [1.29, 1.82) is 0 Å². The highest BCUT2D eigenvalue weighted by Crippen LogP contribution is 2.62. The maximum atomic E-state index is 12.4. The first-order valence-electron chi connectivity index (χ1n) is 8.39. The van der Waals surface area contributed by atoms with E-state index < -0.39 is 0 Å². The molecular formula is C16H24N4OS. The third-order valence-electron chi connectivity index (χ3n) is 6.06. The van der Waals surface area contributed by atoms with Crippen LogP contribution in [0.2, 0.25) is 0 Å². The molecule has 0 aromatic carbocycles. The molecule has 4 aliphatic carbocycles. The number of amides is 2. The molecule has 1 aromatic heterocycles. The van der Waals surface area contributed by atoms with Gasteiger partial charge in [-0.15, -0.1) is 10.2 Å². The van der Waals surface area contributed by atoms with Crippen molar-refractivity contribution in [2.75, 3.05) is 5.32 Å². The van der Waals surface area contributed by atoms with E-state index in [1.54, 1.807) is 0 Å². The molecule has 0 aliphatic heterocycles. The molecule has 22 heavy (non-hydrogen) atoms. The van der Waals surface area contributed by atoms with Gasteiger partial charge >= 0.3 is 6.03 Å². The Morgan fingerprint density at radius 1 is 1.27 bits per heavy atom. The van der Waals surface area contributed by atoms with Crippen LogP contribution in [-0.2, 0) is 0 Å². The predicted octanol–water partition coefficient (Wildman–Crippen LogP) is 3.72. The molecule has 2 N–H and O–H groups in total. The molecule has 0 radical (unpaired) electrons. The Balaban J connectivity index is 1.49. The molecule has 4 saturated carbocycles. The van der Waals surface area contributed by atoms with Crippen LogP contribution in [0.4, 0.5) is 9.93 Å². The summed E-state index contributed by atoms with van der Waals surface area (Å²) in [5.41, 5.74) is 0.501. The monoisotopic (exact) mass is 320 g/mol. The van der Waals surface area contributed by atoms with Gasteiger partial charge in [-0.25, -0.2) is 4.79 Å². The molecule has 2 amide bonds. The number of nitrogens with zero attached hydrogens (tertiary/aromatic N) is 2. The zero-order valence-corrected chi connectivity index (χ0v) is 14.1. The summed E-state index contributed by atoms with van der Waals surface area (Å²) in [5.74, 6) is 1.62. The maximum absolute atomic E-state index is 12.4. The molecule has 0 spiro atoms. The average Bonchev–Trinajstić information content (AvgIpc) is 2.81. The van der Waals surface area contributed by atoms with E-state index in [1.807, 2.05) is 6.92 Å². The van der Waals surface area contributed by atoms with Gasteiger partial charge in [0.15, 0.2) is 0 Å². The quantitative estimate of drug-likeness (QED) is 0.892. The lowest BCUT2D eigenvalue weighted by Crippen LogP contribution is -2.63. The molecule has 5 nitrogen and oxygen atoms in total. The number of urea groups is 1. The van der Waals surface area contributed by atoms with E-state index in [4.69, 9.17) is 0 Å². The van der Waals surface area contributed by atoms with Gasteiger partial charge in [-0.05, 0) is 62.7 Å². The lowest BCUT2D eigenvalue weighted by molar-refractivity contribution is -0.0779. The van der Waals surface area contributed by atoms with E-state index in [0.29, 0.717) is 10.5 Å². The van der Waals surface area contributed by atoms with E-state index in [1.165, 1.54) is 37.0 Å². The third kappa shape index (κ3) is 2.41. The number of rotatable bonds is 3. The lowest BCUT2D eigenvalue weighted by Gasteiger charge is -2.62. The van der Waals surface area contributed by atoms with Crippen molar-refractivity contribution >= 4 is 22.5 Å². The van der Waals surface area contributed by atoms with E-state index in [9.17, 15) is 4.79 Å². The van der Waals surface area contributed by atoms with Gasteiger partial charge in [-0.3, -0.25) is 5.32 Å². The van der Waals surface area contributed by atoms with Crippen LogP contribution in [0.3, 0.4) is 0 Å². The molecule has 4 aliphatic rings. The highest BCUT2D eigenvalue weighted by atomic mass is 32.1. The minimum Gasteiger partial charge on any atom is -0.332 e. The number of nitrogens with one attached hydrogen (secondary N) is 2. The highest BCUT2D eigenvalue weighted by molar-refractivity contribution is 7.15. The first kappa shape index (κ1) is 14.4. The zero-order valence-electron chi connectivity index (χ0n) is 13.3. The van der Waals surface area contributed by atoms with Crippen molar-refractivity contribution < 1.29 is 4.79 Å². The second-order valence-electron chi connectivity index (χ2n) is 7.80. The number of aryl methyl sites for hydroxylation is 1. The maximum Gasteiger partial charge on any atom is 0.321 e. The number of aromatic nitrogens is 2. The van der Waals surface area contributed by atoms with Crippen molar-refractivity contribution in [3.8, 4) is 0 Å². The van der Waals surface area contributed by atoms with Crippen molar-refractivity contribution in [2.24, 2.45) is 17.3 Å². The fraction of sp³-hybridized carbons (Fsp3) is 0.812. The van der Waals surface area contributed by atoms with Crippen LogP contribution in [-0.4, -0.2) is 21.8 Å². The third-order valence-corrected chi connectivity index (χ3v) is 6.81.